The van der Waals surface area contributed by atoms with Gasteiger partial charge >= 0.3 is 5.97 Å². The molecule has 2 N–H and O–H groups in total. The highest BCUT2D eigenvalue weighted by Gasteiger charge is 2.20. The second-order valence-electron chi connectivity index (χ2n) is 8.26. The van der Waals surface area contributed by atoms with Gasteiger partial charge in [-0.3, -0.25) is 0 Å². The van der Waals surface area contributed by atoms with E-state index in [4.69, 9.17) is 9.47 Å². The zero-order valence-electron chi connectivity index (χ0n) is 19.9. The molecule has 0 aliphatic rings. The van der Waals surface area contributed by atoms with Crippen molar-refractivity contribution in [3.8, 4) is 27.6 Å². The van der Waals surface area contributed by atoms with Crippen LogP contribution in [0.5, 0.6) is 5.75 Å². The van der Waals surface area contributed by atoms with Crippen molar-refractivity contribution in [2.24, 2.45) is 5.92 Å². The third kappa shape index (κ3) is 6.04. The van der Waals surface area contributed by atoms with Crippen molar-refractivity contribution < 1.29 is 23.8 Å². The molecule has 0 amide bonds. The number of nitrogens with one attached hydrogen (secondary N) is 1. The van der Waals surface area contributed by atoms with Crippen LogP contribution in [0, 0.1) is 11.7 Å². The highest BCUT2D eigenvalue weighted by Crippen LogP contribution is 2.36. The minimum absolute atomic E-state index is 0.00784. The van der Waals surface area contributed by atoms with Crippen LogP contribution in [0.1, 0.15) is 29.1 Å². The van der Waals surface area contributed by atoms with Crippen LogP contribution in [0.2, 0.25) is 0 Å². The molecular weight excluding hydrogens is 503 g/mol. The van der Waals surface area contributed by atoms with Crippen LogP contribution >= 0.6 is 22.7 Å². The lowest BCUT2D eigenvalue weighted by molar-refractivity contribution is 0.0697. The number of benzene rings is 1. The quantitative estimate of drug-likeness (QED) is 0.224. The number of rotatable bonds is 11. The van der Waals surface area contributed by atoms with Gasteiger partial charge in [0, 0.05) is 40.9 Å². The number of halogens is 1. The molecule has 8 nitrogen and oxygen atoms in total. The maximum atomic E-state index is 14.7. The topological polar surface area (TPSA) is 106 Å². The summed E-state index contributed by atoms with van der Waals surface area (Å²) in [5.74, 6) is -0.954. The Hall–Kier alpha value is -3.41. The minimum Gasteiger partial charge on any atom is -0.488 e. The second kappa shape index (κ2) is 11.5. The van der Waals surface area contributed by atoms with Crippen molar-refractivity contribution in [3.05, 3.63) is 58.3 Å². The molecular formula is C25H25FN4O4S2. The van der Waals surface area contributed by atoms with Crippen LogP contribution in [-0.2, 0) is 11.2 Å². The smallest absolute Gasteiger partial charge is 0.339 e. The lowest BCUT2D eigenvalue weighted by atomic mass is 10.0. The van der Waals surface area contributed by atoms with Crippen molar-refractivity contribution in [2.45, 2.75) is 20.3 Å². The van der Waals surface area contributed by atoms with Crippen LogP contribution < -0.4 is 10.1 Å². The third-order valence-corrected chi connectivity index (χ3v) is 6.88. The molecule has 188 valence electrons. The first kappa shape index (κ1) is 25.7. The van der Waals surface area contributed by atoms with Gasteiger partial charge in [-0.15, -0.1) is 22.7 Å². The Morgan fingerprint density at radius 2 is 2.03 bits per heavy atom. The third-order valence-electron chi connectivity index (χ3n) is 5.06. The van der Waals surface area contributed by atoms with Gasteiger partial charge in [-0.25, -0.2) is 24.1 Å². The number of hydrogen-bond donors (Lipinski definition) is 2. The highest BCUT2D eigenvalue weighted by molar-refractivity contribution is 7.16. The van der Waals surface area contributed by atoms with E-state index in [-0.39, 0.29) is 23.7 Å². The summed E-state index contributed by atoms with van der Waals surface area (Å²) >= 11 is 2.79. The number of thiazole rings is 2. The van der Waals surface area contributed by atoms with Crippen molar-refractivity contribution in [2.75, 3.05) is 25.6 Å². The van der Waals surface area contributed by atoms with E-state index in [1.54, 1.807) is 31.6 Å². The monoisotopic (exact) mass is 528 g/mol. The summed E-state index contributed by atoms with van der Waals surface area (Å²) in [6, 6.07) is 6.28. The molecule has 0 radical (unpaired) electrons. The number of pyridine rings is 1. The molecule has 11 heteroatoms. The Kier molecular flexibility index (Phi) is 8.24. The van der Waals surface area contributed by atoms with E-state index in [9.17, 15) is 14.3 Å². The summed E-state index contributed by atoms with van der Waals surface area (Å²) in [7, 11) is 1.55. The largest absolute Gasteiger partial charge is 0.488 e. The van der Waals surface area contributed by atoms with E-state index in [0.29, 0.717) is 39.5 Å². The number of aromatic nitrogens is 3. The van der Waals surface area contributed by atoms with Gasteiger partial charge in [-0.2, -0.15) is 0 Å². The van der Waals surface area contributed by atoms with E-state index in [2.05, 4.69) is 34.1 Å². The molecule has 0 unspecified atom stereocenters. The molecule has 4 aromatic rings. The zero-order valence-corrected chi connectivity index (χ0v) is 21.6. The van der Waals surface area contributed by atoms with Crippen molar-refractivity contribution >= 4 is 39.6 Å². The summed E-state index contributed by atoms with van der Waals surface area (Å²) in [4.78, 5) is 26.2. The van der Waals surface area contributed by atoms with Gasteiger partial charge in [-0.1, -0.05) is 13.8 Å². The SMILES string of the molecule is COCCOc1ccc(-c2nc(Nc3ncc(-c4nccs4)cc3C(=O)O)sc2CC(C)C)cc1F. The fourth-order valence-electron chi connectivity index (χ4n) is 3.45. The fourth-order valence-corrected chi connectivity index (χ4v) is 5.27. The average Bonchev–Trinajstić information content (AvgIpc) is 3.50. The molecule has 0 aliphatic heterocycles. The van der Waals surface area contributed by atoms with Crippen molar-refractivity contribution in [3.63, 3.8) is 0 Å². The molecule has 0 saturated heterocycles. The number of hydrogen-bond acceptors (Lipinski definition) is 9. The molecule has 0 spiro atoms. The number of carboxylic acid groups (broad SMARTS) is 1. The van der Waals surface area contributed by atoms with Gasteiger partial charge in [0.05, 0.1) is 12.3 Å². The number of ether oxygens (including phenoxy) is 2. The molecule has 0 bridgehead atoms. The Morgan fingerprint density at radius 1 is 1.19 bits per heavy atom. The second-order valence-corrected chi connectivity index (χ2v) is 10.2. The zero-order chi connectivity index (χ0) is 25.7. The van der Waals surface area contributed by atoms with E-state index in [1.807, 2.05) is 5.38 Å². The summed E-state index contributed by atoms with van der Waals surface area (Å²) in [6.07, 6.45) is 3.96. The summed E-state index contributed by atoms with van der Waals surface area (Å²) < 4.78 is 25.1. The molecule has 1 aromatic carbocycles. The normalized spacial score (nSPS) is 11.1. The number of nitrogens with zero attached hydrogens (tertiary/aromatic N) is 3. The lowest BCUT2D eigenvalue weighted by Crippen LogP contribution is -2.05. The summed E-state index contributed by atoms with van der Waals surface area (Å²) in [5, 5.41) is 15.8. The summed E-state index contributed by atoms with van der Waals surface area (Å²) in [6.45, 7) is 4.78. The molecule has 0 fully saturated rings. The van der Waals surface area contributed by atoms with Crippen molar-refractivity contribution in [1.29, 1.82) is 0 Å². The minimum atomic E-state index is -1.12. The predicted molar refractivity (Wildman–Crippen MR) is 139 cm³/mol. The maximum absolute atomic E-state index is 14.7. The van der Waals surface area contributed by atoms with Crippen LogP contribution in [0.15, 0.2) is 42.0 Å². The van der Waals surface area contributed by atoms with Gasteiger partial charge in [0.25, 0.3) is 0 Å². The molecule has 0 saturated carbocycles. The Balaban J connectivity index is 1.65. The van der Waals surface area contributed by atoms with Crippen LogP contribution in [0.4, 0.5) is 15.3 Å². The van der Waals surface area contributed by atoms with Gasteiger partial charge in [0.2, 0.25) is 0 Å². The van der Waals surface area contributed by atoms with E-state index in [1.165, 1.54) is 34.8 Å². The first-order chi connectivity index (χ1) is 17.4. The van der Waals surface area contributed by atoms with Crippen LogP contribution in [0.25, 0.3) is 21.8 Å². The first-order valence-corrected chi connectivity index (χ1v) is 12.9. The predicted octanol–water partition coefficient (Wildman–Crippen LogP) is 6.13. The molecule has 4 rings (SSSR count). The van der Waals surface area contributed by atoms with E-state index >= 15 is 0 Å². The van der Waals surface area contributed by atoms with Crippen LogP contribution in [0.3, 0.4) is 0 Å². The Bertz CT molecular complexity index is 1340. The first-order valence-electron chi connectivity index (χ1n) is 11.2. The van der Waals surface area contributed by atoms with Crippen LogP contribution in [-0.4, -0.2) is 46.4 Å². The van der Waals surface area contributed by atoms with Gasteiger partial charge < -0.3 is 19.9 Å². The van der Waals surface area contributed by atoms with E-state index in [0.717, 1.165) is 11.3 Å². The number of carbonyl (C=O) groups is 1. The summed E-state index contributed by atoms with van der Waals surface area (Å²) in [5.41, 5.74) is 1.87. The fraction of sp³-hybridized carbons (Fsp3) is 0.280. The Labute approximate surface area is 215 Å². The molecule has 0 aliphatic carbocycles. The van der Waals surface area contributed by atoms with Gasteiger partial charge in [-0.05, 0) is 36.6 Å². The molecule has 3 aromatic heterocycles. The van der Waals surface area contributed by atoms with Gasteiger partial charge in [0.15, 0.2) is 16.7 Å². The number of aromatic carboxylic acids is 1. The molecule has 0 atom stereocenters. The maximum Gasteiger partial charge on any atom is 0.339 e. The number of methoxy groups -OCH3 is 1. The molecule has 3 heterocycles. The molecule has 36 heavy (non-hydrogen) atoms. The highest BCUT2D eigenvalue weighted by atomic mass is 32.1. The Morgan fingerprint density at radius 3 is 2.69 bits per heavy atom. The number of anilines is 2. The standard InChI is InChI=1S/C25H25FN4O4S2/c1-14(2)10-20-21(15-4-5-19(18(26)12-15)34-8-7-33-3)29-25(36-20)30-22-17(24(31)32)11-16(13-28-22)23-27-6-9-35-23/h4-6,9,11-14H,7-8,10H2,1-3H3,(H,31,32)(H,28,29,30). The van der Waals surface area contributed by atoms with E-state index < -0.39 is 11.8 Å². The van der Waals surface area contributed by atoms with Gasteiger partial charge in [0.1, 0.15) is 23.0 Å². The van der Waals surface area contributed by atoms with Crippen molar-refractivity contribution in [1.82, 2.24) is 15.0 Å². The average molecular weight is 529 g/mol. The number of carboxylic acids is 1. The lowest BCUT2D eigenvalue weighted by Gasteiger charge is -2.09.